The summed E-state index contributed by atoms with van der Waals surface area (Å²) in [6.45, 7) is 5.85. The van der Waals surface area contributed by atoms with Crippen molar-refractivity contribution in [1.82, 2.24) is 10.2 Å². The van der Waals surface area contributed by atoms with Crippen molar-refractivity contribution in [2.75, 3.05) is 19.6 Å². The van der Waals surface area contributed by atoms with Gasteiger partial charge in [-0.15, -0.1) is 0 Å². The lowest BCUT2D eigenvalue weighted by molar-refractivity contribution is -0.127. The molecule has 122 valence electrons. The highest BCUT2D eigenvalue weighted by atomic mass is 16.1. The Morgan fingerprint density at radius 3 is 2.38 bits per heavy atom. The van der Waals surface area contributed by atoms with Crippen LogP contribution < -0.4 is 5.32 Å². The zero-order valence-electron chi connectivity index (χ0n) is 13.9. The first-order valence-corrected chi connectivity index (χ1v) is 9.32. The van der Waals surface area contributed by atoms with Crippen LogP contribution in [0.3, 0.4) is 0 Å². The van der Waals surface area contributed by atoms with Crippen LogP contribution in [0.5, 0.6) is 0 Å². The van der Waals surface area contributed by atoms with Crippen LogP contribution in [0, 0.1) is 5.92 Å². The topological polar surface area (TPSA) is 32.3 Å². The summed E-state index contributed by atoms with van der Waals surface area (Å²) < 4.78 is 0. The van der Waals surface area contributed by atoms with E-state index in [2.05, 4.69) is 17.1 Å². The minimum Gasteiger partial charge on any atom is -0.353 e. The molecule has 21 heavy (non-hydrogen) atoms. The number of likely N-dealkylation sites (tertiary alicyclic amines) is 1. The van der Waals surface area contributed by atoms with E-state index in [-0.39, 0.29) is 0 Å². The molecule has 2 fully saturated rings. The molecular formula is C18H34N2O. The van der Waals surface area contributed by atoms with Gasteiger partial charge in [0.05, 0.1) is 0 Å². The van der Waals surface area contributed by atoms with Crippen molar-refractivity contribution < 1.29 is 4.79 Å². The molecule has 1 aliphatic carbocycles. The summed E-state index contributed by atoms with van der Waals surface area (Å²) in [4.78, 5) is 14.8. The molecule has 0 aromatic rings. The average molecular weight is 294 g/mol. The zero-order chi connectivity index (χ0) is 14.9. The van der Waals surface area contributed by atoms with Gasteiger partial charge in [-0.1, -0.05) is 45.4 Å². The number of rotatable bonds is 7. The van der Waals surface area contributed by atoms with Crippen LogP contribution in [0.1, 0.15) is 77.6 Å². The maximum atomic E-state index is 12.3. The molecule has 1 saturated carbocycles. The van der Waals surface area contributed by atoms with Gasteiger partial charge in [-0.3, -0.25) is 4.79 Å². The molecule has 0 aromatic heterocycles. The van der Waals surface area contributed by atoms with Crippen LogP contribution in [0.2, 0.25) is 0 Å². The van der Waals surface area contributed by atoms with E-state index in [1.165, 1.54) is 64.6 Å². The molecule has 0 spiro atoms. The highest BCUT2D eigenvalue weighted by molar-refractivity contribution is 5.79. The van der Waals surface area contributed by atoms with E-state index in [9.17, 15) is 4.79 Å². The number of nitrogens with one attached hydrogen (secondary N) is 1. The van der Waals surface area contributed by atoms with Crippen molar-refractivity contribution in [3.63, 3.8) is 0 Å². The lowest BCUT2D eigenvalue weighted by Crippen LogP contribution is -2.46. The second-order valence-electron chi connectivity index (χ2n) is 7.02. The Balaban J connectivity index is 1.59. The number of amides is 1. The van der Waals surface area contributed by atoms with Crippen molar-refractivity contribution in [3.8, 4) is 0 Å². The van der Waals surface area contributed by atoms with E-state index in [1.807, 2.05) is 0 Å². The Bertz CT molecular complexity index is 292. The normalized spacial score (nSPS) is 22.3. The Morgan fingerprint density at radius 1 is 1.00 bits per heavy atom. The fourth-order valence-corrected chi connectivity index (χ4v) is 3.75. The number of nitrogens with zero attached hydrogens (tertiary/aromatic N) is 1. The van der Waals surface area contributed by atoms with Crippen LogP contribution >= 0.6 is 0 Å². The third kappa shape index (κ3) is 5.98. The number of hydrogen-bond donors (Lipinski definition) is 1. The molecule has 0 bridgehead atoms. The third-order valence-corrected chi connectivity index (χ3v) is 5.24. The van der Waals surface area contributed by atoms with Gasteiger partial charge in [-0.05, 0) is 38.6 Å². The van der Waals surface area contributed by atoms with Gasteiger partial charge in [0, 0.05) is 25.0 Å². The molecule has 3 nitrogen and oxygen atoms in total. The Kier molecular flexibility index (Phi) is 7.56. The van der Waals surface area contributed by atoms with E-state index in [4.69, 9.17) is 0 Å². The Labute approximate surface area is 130 Å². The fourth-order valence-electron chi connectivity index (χ4n) is 3.75. The SMILES string of the molecule is CCCCCCN1CCC(NC(=O)C2CCCCC2)CC1. The van der Waals surface area contributed by atoms with Gasteiger partial charge >= 0.3 is 0 Å². The first kappa shape index (κ1) is 16.8. The summed E-state index contributed by atoms with van der Waals surface area (Å²) in [5.41, 5.74) is 0. The van der Waals surface area contributed by atoms with Crippen LogP contribution in [0.15, 0.2) is 0 Å². The highest BCUT2D eigenvalue weighted by Gasteiger charge is 2.25. The van der Waals surface area contributed by atoms with Crippen molar-refractivity contribution in [2.24, 2.45) is 5.92 Å². The lowest BCUT2D eigenvalue weighted by Gasteiger charge is -2.33. The molecule has 0 atom stereocenters. The van der Waals surface area contributed by atoms with Gasteiger partial charge in [0.2, 0.25) is 5.91 Å². The first-order valence-electron chi connectivity index (χ1n) is 9.32. The second kappa shape index (κ2) is 9.45. The molecule has 1 N–H and O–H groups in total. The lowest BCUT2D eigenvalue weighted by atomic mass is 9.88. The average Bonchev–Trinajstić information content (AvgIpc) is 2.54. The molecule has 3 heteroatoms. The molecule has 0 unspecified atom stereocenters. The molecule has 1 heterocycles. The van der Waals surface area contributed by atoms with Crippen molar-refractivity contribution >= 4 is 5.91 Å². The van der Waals surface area contributed by atoms with Gasteiger partial charge in [-0.2, -0.15) is 0 Å². The van der Waals surface area contributed by atoms with Crippen LogP contribution in [0.25, 0.3) is 0 Å². The molecule has 1 aliphatic heterocycles. The summed E-state index contributed by atoms with van der Waals surface area (Å²) >= 11 is 0. The monoisotopic (exact) mass is 294 g/mol. The third-order valence-electron chi connectivity index (χ3n) is 5.24. The maximum absolute atomic E-state index is 12.3. The molecule has 2 rings (SSSR count). The van der Waals surface area contributed by atoms with Gasteiger partial charge in [0.1, 0.15) is 0 Å². The number of hydrogen-bond acceptors (Lipinski definition) is 2. The predicted molar refractivity (Wildman–Crippen MR) is 88.3 cm³/mol. The van der Waals surface area contributed by atoms with E-state index in [1.54, 1.807) is 0 Å². The summed E-state index contributed by atoms with van der Waals surface area (Å²) in [5, 5.41) is 3.32. The van der Waals surface area contributed by atoms with Gasteiger partial charge in [-0.25, -0.2) is 0 Å². The zero-order valence-corrected chi connectivity index (χ0v) is 13.9. The van der Waals surface area contributed by atoms with E-state index in [0.717, 1.165) is 25.7 Å². The van der Waals surface area contributed by atoms with E-state index < -0.39 is 0 Å². The molecular weight excluding hydrogens is 260 g/mol. The largest absolute Gasteiger partial charge is 0.353 e. The van der Waals surface area contributed by atoms with E-state index >= 15 is 0 Å². The highest BCUT2D eigenvalue weighted by Crippen LogP contribution is 2.24. The van der Waals surface area contributed by atoms with Gasteiger partial charge in [0.15, 0.2) is 0 Å². The Morgan fingerprint density at radius 2 is 1.71 bits per heavy atom. The number of carbonyl (C=O) groups excluding carboxylic acids is 1. The number of carbonyl (C=O) groups is 1. The summed E-state index contributed by atoms with van der Waals surface area (Å²) in [6, 6.07) is 0.436. The molecule has 1 amide bonds. The predicted octanol–water partition coefficient (Wildman–Crippen LogP) is 3.73. The second-order valence-corrected chi connectivity index (χ2v) is 7.02. The van der Waals surface area contributed by atoms with Crippen molar-refractivity contribution in [1.29, 1.82) is 0 Å². The summed E-state index contributed by atoms with van der Waals surface area (Å²) in [6.07, 6.45) is 13.7. The van der Waals surface area contributed by atoms with Crippen LogP contribution in [-0.2, 0) is 4.79 Å². The molecule has 0 aromatic carbocycles. The maximum Gasteiger partial charge on any atom is 0.223 e. The molecule has 0 radical (unpaired) electrons. The van der Waals surface area contributed by atoms with Crippen LogP contribution in [0.4, 0.5) is 0 Å². The summed E-state index contributed by atoms with van der Waals surface area (Å²) in [5.74, 6) is 0.655. The van der Waals surface area contributed by atoms with Crippen molar-refractivity contribution in [2.45, 2.75) is 83.6 Å². The van der Waals surface area contributed by atoms with Crippen LogP contribution in [-0.4, -0.2) is 36.5 Å². The quantitative estimate of drug-likeness (QED) is 0.726. The number of piperidine rings is 1. The fraction of sp³-hybridized carbons (Fsp3) is 0.944. The number of unbranched alkanes of at least 4 members (excludes halogenated alkanes) is 3. The molecule has 2 aliphatic rings. The molecule has 1 saturated heterocycles. The minimum absolute atomic E-state index is 0.311. The van der Waals surface area contributed by atoms with Gasteiger partial charge < -0.3 is 10.2 Å². The van der Waals surface area contributed by atoms with E-state index in [0.29, 0.717) is 17.9 Å². The smallest absolute Gasteiger partial charge is 0.223 e. The first-order chi connectivity index (χ1) is 10.3. The Hall–Kier alpha value is -0.570. The van der Waals surface area contributed by atoms with Crippen molar-refractivity contribution in [3.05, 3.63) is 0 Å². The summed E-state index contributed by atoms with van der Waals surface area (Å²) in [7, 11) is 0. The van der Waals surface area contributed by atoms with Gasteiger partial charge in [0.25, 0.3) is 0 Å². The standard InChI is InChI=1S/C18H34N2O/c1-2-3-4-8-13-20-14-11-17(12-15-20)19-18(21)16-9-6-5-7-10-16/h16-17H,2-15H2,1H3,(H,19,21). The minimum atomic E-state index is 0.311.